The van der Waals surface area contributed by atoms with Crippen molar-refractivity contribution in [1.29, 1.82) is 0 Å². The summed E-state index contributed by atoms with van der Waals surface area (Å²) in [7, 11) is 1.40. The molecule has 0 saturated carbocycles. The predicted molar refractivity (Wildman–Crippen MR) is 60.0 cm³/mol. The molecule has 0 aliphatic heterocycles. The molecular weight excluding hydrogens is 246 g/mol. The summed E-state index contributed by atoms with van der Waals surface area (Å²) in [5.41, 5.74) is 0.555. The van der Waals surface area contributed by atoms with Gasteiger partial charge in [0.2, 0.25) is 0 Å². The number of carbonyl (C=O) groups excluding carboxylic acids is 1. The number of nitrogens with one attached hydrogen (secondary N) is 1. The Morgan fingerprint density at radius 1 is 1.59 bits per heavy atom. The zero-order chi connectivity index (χ0) is 12.8. The van der Waals surface area contributed by atoms with E-state index in [2.05, 4.69) is 14.9 Å². The lowest BCUT2D eigenvalue weighted by Gasteiger charge is -2.13. The molecule has 0 aliphatic carbocycles. The van der Waals surface area contributed by atoms with Gasteiger partial charge in [0, 0.05) is 13.7 Å². The standard InChI is InChI=1S/C9H13N3O4S/c1-5-8(17-12-11-5)9(15)10-4-6(16-2)3-7(13)14/h6H,3-4H2,1-2H3,(H,10,15)(H,13,14). The van der Waals surface area contributed by atoms with E-state index < -0.39 is 12.1 Å². The van der Waals surface area contributed by atoms with Gasteiger partial charge >= 0.3 is 5.97 Å². The van der Waals surface area contributed by atoms with Crippen LogP contribution < -0.4 is 5.32 Å². The Hall–Kier alpha value is -1.54. The summed E-state index contributed by atoms with van der Waals surface area (Å²) in [6.07, 6.45) is -0.700. The van der Waals surface area contributed by atoms with Gasteiger partial charge in [-0.15, -0.1) is 5.10 Å². The summed E-state index contributed by atoms with van der Waals surface area (Å²) in [6, 6.07) is 0. The smallest absolute Gasteiger partial charge is 0.306 e. The molecule has 1 atom stereocenters. The summed E-state index contributed by atoms with van der Waals surface area (Å²) < 4.78 is 8.58. The van der Waals surface area contributed by atoms with Crippen LogP contribution in [0, 0.1) is 6.92 Å². The minimum atomic E-state index is -0.971. The number of methoxy groups -OCH3 is 1. The average molecular weight is 259 g/mol. The van der Waals surface area contributed by atoms with E-state index in [0.29, 0.717) is 10.6 Å². The number of amides is 1. The van der Waals surface area contributed by atoms with E-state index in [9.17, 15) is 9.59 Å². The van der Waals surface area contributed by atoms with Crippen molar-refractivity contribution in [3.05, 3.63) is 10.6 Å². The number of hydrogen-bond acceptors (Lipinski definition) is 6. The van der Waals surface area contributed by atoms with Gasteiger partial charge in [-0.2, -0.15) is 0 Å². The maximum absolute atomic E-state index is 11.6. The van der Waals surface area contributed by atoms with Gasteiger partial charge in [-0.1, -0.05) is 4.49 Å². The van der Waals surface area contributed by atoms with Crippen LogP contribution in [0.3, 0.4) is 0 Å². The maximum atomic E-state index is 11.6. The van der Waals surface area contributed by atoms with Gasteiger partial charge < -0.3 is 15.2 Å². The fraction of sp³-hybridized carbons (Fsp3) is 0.556. The summed E-state index contributed by atoms with van der Waals surface area (Å²) in [4.78, 5) is 22.6. The second-order valence-electron chi connectivity index (χ2n) is 3.35. The lowest BCUT2D eigenvalue weighted by molar-refractivity contribution is -0.139. The molecule has 0 saturated heterocycles. The third-order valence-electron chi connectivity index (χ3n) is 2.08. The van der Waals surface area contributed by atoms with Crippen molar-refractivity contribution in [2.75, 3.05) is 13.7 Å². The van der Waals surface area contributed by atoms with Crippen LogP contribution in [-0.4, -0.2) is 46.3 Å². The first-order valence-corrected chi connectivity index (χ1v) is 5.63. The molecule has 0 fully saturated rings. The highest BCUT2D eigenvalue weighted by Crippen LogP contribution is 2.08. The van der Waals surface area contributed by atoms with Gasteiger partial charge in [-0.05, 0) is 18.5 Å². The Bertz CT molecular complexity index is 407. The first-order chi connectivity index (χ1) is 8.04. The molecule has 7 nitrogen and oxygen atoms in total. The summed E-state index contributed by atoms with van der Waals surface area (Å²) in [5.74, 6) is -1.29. The van der Waals surface area contributed by atoms with Crippen LogP contribution in [0.2, 0.25) is 0 Å². The number of aryl methyl sites for hydroxylation is 1. The summed E-state index contributed by atoms with van der Waals surface area (Å²) in [6.45, 7) is 1.82. The summed E-state index contributed by atoms with van der Waals surface area (Å²) >= 11 is 1.00. The first kappa shape index (κ1) is 13.5. The molecule has 0 aliphatic rings. The molecule has 2 N–H and O–H groups in total. The number of carbonyl (C=O) groups is 2. The molecule has 1 aromatic heterocycles. The Morgan fingerprint density at radius 3 is 2.76 bits per heavy atom. The molecule has 1 unspecified atom stereocenters. The van der Waals surface area contributed by atoms with Gasteiger partial charge in [0.15, 0.2) is 0 Å². The highest BCUT2D eigenvalue weighted by molar-refractivity contribution is 7.07. The minimum absolute atomic E-state index is 0.138. The van der Waals surface area contributed by atoms with Gasteiger partial charge in [0.05, 0.1) is 18.2 Å². The Labute approximate surface area is 102 Å². The lowest BCUT2D eigenvalue weighted by Crippen LogP contribution is -2.34. The van der Waals surface area contributed by atoms with Crippen LogP contribution in [0.15, 0.2) is 0 Å². The lowest BCUT2D eigenvalue weighted by atomic mass is 10.2. The van der Waals surface area contributed by atoms with Crippen LogP contribution in [0.4, 0.5) is 0 Å². The highest BCUT2D eigenvalue weighted by Gasteiger charge is 2.17. The highest BCUT2D eigenvalue weighted by atomic mass is 32.1. The van der Waals surface area contributed by atoms with Crippen molar-refractivity contribution < 1.29 is 19.4 Å². The van der Waals surface area contributed by atoms with E-state index in [1.807, 2.05) is 0 Å². The SMILES string of the molecule is COC(CNC(=O)c1snnc1C)CC(=O)O. The zero-order valence-corrected chi connectivity index (χ0v) is 10.3. The number of nitrogens with zero attached hydrogens (tertiary/aromatic N) is 2. The molecule has 0 spiro atoms. The Morgan fingerprint density at radius 2 is 2.29 bits per heavy atom. The van der Waals surface area contributed by atoms with Gasteiger partial charge in [0.1, 0.15) is 4.88 Å². The topological polar surface area (TPSA) is 101 Å². The monoisotopic (exact) mass is 259 g/mol. The number of ether oxygens (including phenoxy) is 1. The van der Waals surface area contributed by atoms with E-state index >= 15 is 0 Å². The third-order valence-corrected chi connectivity index (χ3v) is 2.91. The van der Waals surface area contributed by atoms with Crippen molar-refractivity contribution >= 4 is 23.4 Å². The number of aromatic nitrogens is 2. The molecule has 94 valence electrons. The molecular formula is C9H13N3O4S. The van der Waals surface area contributed by atoms with Crippen molar-refractivity contribution in [1.82, 2.24) is 14.9 Å². The van der Waals surface area contributed by atoms with Crippen LogP contribution in [-0.2, 0) is 9.53 Å². The third kappa shape index (κ3) is 4.08. The largest absolute Gasteiger partial charge is 0.481 e. The Kier molecular flexibility index (Phi) is 4.98. The Balaban J connectivity index is 2.47. The first-order valence-electron chi connectivity index (χ1n) is 4.86. The zero-order valence-electron chi connectivity index (χ0n) is 9.47. The minimum Gasteiger partial charge on any atom is -0.481 e. The van der Waals surface area contributed by atoms with Crippen LogP contribution >= 0.6 is 11.5 Å². The molecule has 0 radical (unpaired) electrons. The fourth-order valence-electron chi connectivity index (χ4n) is 1.16. The van der Waals surface area contributed by atoms with E-state index in [4.69, 9.17) is 9.84 Å². The van der Waals surface area contributed by atoms with Crippen LogP contribution in [0.1, 0.15) is 21.8 Å². The molecule has 0 aromatic carbocycles. The second-order valence-corrected chi connectivity index (χ2v) is 4.11. The van der Waals surface area contributed by atoms with E-state index in [-0.39, 0.29) is 18.9 Å². The maximum Gasteiger partial charge on any atom is 0.306 e. The van der Waals surface area contributed by atoms with Crippen molar-refractivity contribution in [3.8, 4) is 0 Å². The molecule has 8 heteroatoms. The number of aliphatic carboxylic acids is 1. The van der Waals surface area contributed by atoms with Gasteiger partial charge in [-0.3, -0.25) is 9.59 Å². The van der Waals surface area contributed by atoms with E-state index in [1.54, 1.807) is 6.92 Å². The van der Waals surface area contributed by atoms with Crippen LogP contribution in [0.5, 0.6) is 0 Å². The molecule has 1 heterocycles. The van der Waals surface area contributed by atoms with Gasteiger partial charge in [0.25, 0.3) is 5.91 Å². The predicted octanol–water partition coefficient (Wildman–Crippen LogP) is 0.0660. The molecule has 1 rings (SSSR count). The number of carboxylic acid groups (broad SMARTS) is 1. The number of rotatable bonds is 6. The van der Waals surface area contributed by atoms with Crippen molar-refractivity contribution in [2.45, 2.75) is 19.4 Å². The number of carboxylic acids is 1. The molecule has 1 amide bonds. The van der Waals surface area contributed by atoms with Gasteiger partial charge in [-0.25, -0.2) is 0 Å². The van der Waals surface area contributed by atoms with E-state index in [1.165, 1.54) is 7.11 Å². The van der Waals surface area contributed by atoms with Crippen molar-refractivity contribution in [2.24, 2.45) is 0 Å². The fourth-order valence-corrected chi connectivity index (χ4v) is 1.73. The summed E-state index contributed by atoms with van der Waals surface area (Å²) in [5, 5.41) is 14.9. The van der Waals surface area contributed by atoms with Crippen LogP contribution in [0.25, 0.3) is 0 Å². The quantitative estimate of drug-likeness (QED) is 0.749. The average Bonchev–Trinajstić information content (AvgIpc) is 2.69. The normalized spacial score (nSPS) is 12.1. The number of hydrogen-bond donors (Lipinski definition) is 2. The second kappa shape index (κ2) is 6.26. The molecule has 0 bridgehead atoms. The molecule has 1 aromatic rings. The van der Waals surface area contributed by atoms with Crippen molar-refractivity contribution in [3.63, 3.8) is 0 Å². The molecule has 17 heavy (non-hydrogen) atoms. The van der Waals surface area contributed by atoms with E-state index in [0.717, 1.165) is 11.5 Å².